The molecular formula is C35H48F2N4O6. The Labute approximate surface area is 275 Å². The van der Waals surface area contributed by atoms with Crippen LogP contribution in [0.3, 0.4) is 0 Å². The van der Waals surface area contributed by atoms with Crippen LogP contribution in [-0.4, -0.2) is 77.2 Å². The van der Waals surface area contributed by atoms with Crippen LogP contribution in [0.2, 0.25) is 0 Å². The molecule has 4 rings (SSSR count). The number of piperidine rings is 1. The van der Waals surface area contributed by atoms with Crippen LogP contribution < -0.4 is 16.0 Å². The molecule has 0 aromatic heterocycles. The molecule has 1 heterocycles. The van der Waals surface area contributed by atoms with Crippen molar-refractivity contribution in [1.82, 2.24) is 20.9 Å². The van der Waals surface area contributed by atoms with Crippen LogP contribution in [0.25, 0.3) is 0 Å². The first kappa shape index (κ1) is 36.0. The average Bonchev–Trinajstić information content (AvgIpc) is 3.31. The number of alkyl halides is 2. The number of likely N-dealkylation sites (tertiary alicyclic amines) is 1. The predicted molar refractivity (Wildman–Crippen MR) is 171 cm³/mol. The number of ketones is 1. The van der Waals surface area contributed by atoms with E-state index in [9.17, 15) is 32.8 Å². The van der Waals surface area contributed by atoms with Crippen molar-refractivity contribution in [2.75, 3.05) is 13.1 Å². The van der Waals surface area contributed by atoms with Gasteiger partial charge in [0.05, 0.1) is 6.04 Å². The molecule has 3 aliphatic rings. The highest BCUT2D eigenvalue weighted by Crippen LogP contribution is 2.65. The van der Waals surface area contributed by atoms with Gasteiger partial charge >= 0.3 is 6.09 Å². The Balaban J connectivity index is 1.58. The number of hydrogen-bond donors (Lipinski definition) is 3. The van der Waals surface area contributed by atoms with Crippen molar-refractivity contribution in [1.29, 1.82) is 0 Å². The van der Waals surface area contributed by atoms with E-state index in [-0.39, 0.29) is 49.6 Å². The predicted octanol–water partition coefficient (Wildman–Crippen LogP) is 4.18. The number of aryl methyl sites for hydroxylation is 1. The topological polar surface area (TPSA) is 134 Å². The number of nitrogens with zero attached hydrogens (tertiary/aromatic N) is 1. The maximum Gasteiger partial charge on any atom is 0.408 e. The van der Waals surface area contributed by atoms with Crippen molar-refractivity contribution in [2.24, 2.45) is 23.2 Å². The first-order chi connectivity index (χ1) is 21.9. The number of amides is 4. The number of ether oxygens (including phenoxy) is 1. The molecule has 1 aromatic carbocycles. The number of carbonyl (C=O) groups is 5. The van der Waals surface area contributed by atoms with Gasteiger partial charge in [-0.3, -0.25) is 19.2 Å². The summed E-state index contributed by atoms with van der Waals surface area (Å²) in [6.45, 7) is 12.9. The maximum absolute atomic E-state index is 14.3. The van der Waals surface area contributed by atoms with E-state index in [4.69, 9.17) is 4.74 Å². The fourth-order valence-electron chi connectivity index (χ4n) is 7.10. The van der Waals surface area contributed by atoms with Gasteiger partial charge in [-0.2, -0.15) is 0 Å². The molecule has 5 atom stereocenters. The molecule has 4 amide bonds. The number of carbonyl (C=O) groups excluding carboxylic acids is 5. The Morgan fingerprint density at radius 1 is 1.06 bits per heavy atom. The zero-order valence-electron chi connectivity index (χ0n) is 27.9. The minimum absolute atomic E-state index is 0.0120. The van der Waals surface area contributed by atoms with E-state index in [2.05, 4.69) is 22.5 Å². The van der Waals surface area contributed by atoms with Crippen molar-refractivity contribution >= 4 is 29.6 Å². The normalized spacial score (nSPS) is 24.2. The molecule has 10 nitrogen and oxygen atoms in total. The zero-order chi connectivity index (χ0) is 34.7. The molecule has 1 saturated heterocycles. The summed E-state index contributed by atoms with van der Waals surface area (Å²) in [6, 6.07) is 6.00. The number of halogens is 2. The summed E-state index contributed by atoms with van der Waals surface area (Å²) in [5, 5.41) is 7.91. The summed E-state index contributed by atoms with van der Waals surface area (Å²) in [4.78, 5) is 68.7. The van der Waals surface area contributed by atoms with E-state index in [1.54, 1.807) is 20.8 Å². The van der Waals surface area contributed by atoms with Crippen molar-refractivity contribution in [3.8, 4) is 0 Å². The fraction of sp³-hybridized carbons (Fsp3) is 0.629. The summed E-state index contributed by atoms with van der Waals surface area (Å²) in [5.74, 6) is -6.49. The minimum atomic E-state index is -2.85. The van der Waals surface area contributed by atoms with Gasteiger partial charge in [-0.05, 0) is 75.2 Å². The second-order valence-corrected chi connectivity index (χ2v) is 14.7. The monoisotopic (exact) mass is 658 g/mol. The Kier molecular flexibility index (Phi) is 10.8. The van der Waals surface area contributed by atoms with Crippen LogP contribution in [0.4, 0.5) is 13.6 Å². The molecule has 0 spiro atoms. The van der Waals surface area contributed by atoms with E-state index in [0.717, 1.165) is 5.56 Å². The Hall–Kier alpha value is -3.83. The molecule has 1 unspecified atom stereocenters. The number of fused-ring (bicyclic) bond motifs is 1. The summed E-state index contributed by atoms with van der Waals surface area (Å²) in [7, 11) is 0. The van der Waals surface area contributed by atoms with Crippen LogP contribution in [0.1, 0.15) is 72.3 Å². The van der Waals surface area contributed by atoms with Gasteiger partial charge in [0.1, 0.15) is 17.7 Å². The van der Waals surface area contributed by atoms with Gasteiger partial charge in [-0.15, -0.1) is 6.58 Å². The average molecular weight is 659 g/mol. The maximum atomic E-state index is 14.3. The molecule has 47 heavy (non-hydrogen) atoms. The molecule has 2 saturated carbocycles. The lowest BCUT2D eigenvalue weighted by molar-refractivity contribution is -0.145. The highest BCUT2D eigenvalue weighted by molar-refractivity contribution is 6.38. The molecule has 258 valence electrons. The third-order valence-electron chi connectivity index (χ3n) is 9.76. The molecule has 3 N–H and O–H groups in total. The van der Waals surface area contributed by atoms with Gasteiger partial charge in [0, 0.05) is 25.9 Å². The number of Topliss-reactive ketones (excluding diaryl/α,β-unsaturated/α-hetero) is 1. The highest BCUT2D eigenvalue weighted by atomic mass is 19.3. The van der Waals surface area contributed by atoms with Crippen LogP contribution in [-0.2, 0) is 30.3 Å². The van der Waals surface area contributed by atoms with E-state index in [1.165, 1.54) is 11.0 Å². The molecule has 3 fully saturated rings. The molecule has 0 radical (unpaired) electrons. The van der Waals surface area contributed by atoms with E-state index in [1.807, 2.05) is 44.2 Å². The summed E-state index contributed by atoms with van der Waals surface area (Å²) >= 11 is 0. The van der Waals surface area contributed by atoms with E-state index < -0.39 is 78.0 Å². The van der Waals surface area contributed by atoms with Gasteiger partial charge in [-0.25, -0.2) is 13.6 Å². The van der Waals surface area contributed by atoms with Crippen molar-refractivity contribution in [3.05, 3.63) is 48.6 Å². The van der Waals surface area contributed by atoms with Gasteiger partial charge in [0.25, 0.3) is 5.91 Å². The van der Waals surface area contributed by atoms with Crippen LogP contribution in [0.5, 0.6) is 0 Å². The first-order valence-electron chi connectivity index (χ1n) is 16.4. The fourth-order valence-corrected chi connectivity index (χ4v) is 7.10. The lowest BCUT2D eigenvalue weighted by Crippen LogP contribution is -2.60. The smallest absolute Gasteiger partial charge is 0.408 e. The van der Waals surface area contributed by atoms with Gasteiger partial charge in [0.15, 0.2) is 0 Å². The van der Waals surface area contributed by atoms with Crippen molar-refractivity contribution in [2.45, 2.75) is 103 Å². The SMILES string of the molecule is C=CCNC(=O)C(=O)C(CCc1ccccc1)NC(=O)[C@@H]1[C@@H]2[C@H](CN1C(=O)[C@@H](NC(=O)OC(C)(C)C)C1CCC(F)(F)CC1)C2(C)C. The lowest BCUT2D eigenvalue weighted by atomic mass is 9.81. The summed E-state index contributed by atoms with van der Waals surface area (Å²) in [6.07, 6.45) is 0.331. The zero-order valence-corrected chi connectivity index (χ0v) is 27.9. The number of alkyl carbamates (subject to hydrolysis) is 1. The standard InChI is InChI=1S/C35H48F2N4O6/c1-7-19-38-30(44)28(42)24(14-13-21-11-9-8-10-12-21)39-29(43)27-25-23(34(25,5)6)20-41(27)31(45)26(40-32(46)47-33(2,3)4)22-15-17-35(36,37)18-16-22/h7-12,22-27H,1,13-20H2,2-6H3,(H,38,44)(H,39,43)(H,40,46)/t23-,24?,25-,26-,27-/m0/s1. The van der Waals surface area contributed by atoms with Gasteiger partial charge in [-0.1, -0.05) is 50.3 Å². The number of benzene rings is 1. The van der Waals surface area contributed by atoms with E-state index in [0.29, 0.717) is 6.42 Å². The largest absolute Gasteiger partial charge is 0.444 e. The summed E-state index contributed by atoms with van der Waals surface area (Å²) < 4.78 is 33.6. The van der Waals surface area contributed by atoms with Gasteiger partial charge in [0.2, 0.25) is 23.5 Å². The third-order valence-corrected chi connectivity index (χ3v) is 9.76. The van der Waals surface area contributed by atoms with Crippen LogP contribution in [0, 0.1) is 23.2 Å². The number of nitrogens with one attached hydrogen (secondary N) is 3. The Morgan fingerprint density at radius 3 is 2.30 bits per heavy atom. The third kappa shape index (κ3) is 8.75. The second-order valence-electron chi connectivity index (χ2n) is 14.7. The van der Waals surface area contributed by atoms with Crippen molar-refractivity contribution in [3.63, 3.8) is 0 Å². The molecule has 1 aliphatic heterocycles. The number of hydrogen-bond acceptors (Lipinski definition) is 6. The molecule has 2 aliphatic carbocycles. The summed E-state index contributed by atoms with van der Waals surface area (Å²) in [5.41, 5.74) is -0.218. The second kappa shape index (κ2) is 14.1. The lowest BCUT2D eigenvalue weighted by Gasteiger charge is -2.38. The highest BCUT2D eigenvalue weighted by Gasteiger charge is 2.70. The molecular weight excluding hydrogens is 610 g/mol. The first-order valence-corrected chi connectivity index (χ1v) is 16.4. The quantitative estimate of drug-likeness (QED) is 0.228. The van der Waals surface area contributed by atoms with Gasteiger partial charge < -0.3 is 25.6 Å². The minimum Gasteiger partial charge on any atom is -0.444 e. The van der Waals surface area contributed by atoms with Crippen LogP contribution in [0.15, 0.2) is 43.0 Å². The number of rotatable bonds is 12. The molecule has 12 heteroatoms. The Morgan fingerprint density at radius 2 is 1.70 bits per heavy atom. The van der Waals surface area contributed by atoms with Crippen LogP contribution >= 0.6 is 0 Å². The van der Waals surface area contributed by atoms with Crippen molar-refractivity contribution < 1.29 is 37.5 Å². The van der Waals surface area contributed by atoms with E-state index >= 15 is 0 Å². The molecule has 0 bridgehead atoms. The molecule has 1 aromatic rings. The Bertz CT molecular complexity index is 1350.